The topological polar surface area (TPSA) is 48.1 Å². The molecule has 0 N–H and O–H groups in total. The van der Waals surface area contributed by atoms with E-state index in [1.165, 1.54) is 5.56 Å². The lowest BCUT2D eigenvalue weighted by Crippen LogP contribution is -2.27. The highest BCUT2D eigenvalue weighted by Crippen LogP contribution is 2.34. The van der Waals surface area contributed by atoms with E-state index in [0.29, 0.717) is 13.2 Å². The predicted molar refractivity (Wildman–Crippen MR) is 71.2 cm³/mol. The van der Waals surface area contributed by atoms with E-state index >= 15 is 0 Å². The van der Waals surface area contributed by atoms with Crippen LogP contribution < -0.4 is 4.74 Å². The summed E-state index contributed by atoms with van der Waals surface area (Å²) in [6.45, 7) is 2.71. The van der Waals surface area contributed by atoms with Gasteiger partial charge >= 0.3 is 5.97 Å². The van der Waals surface area contributed by atoms with Crippen molar-refractivity contribution in [3.05, 3.63) is 29.8 Å². The van der Waals surface area contributed by atoms with E-state index in [2.05, 4.69) is 0 Å². The first-order valence-corrected chi connectivity index (χ1v) is 6.64. The molecule has 104 valence electrons. The number of hydrogen-bond donors (Lipinski definition) is 0. The Morgan fingerprint density at radius 2 is 2.05 bits per heavy atom. The Morgan fingerprint density at radius 3 is 2.58 bits per heavy atom. The predicted octanol–water partition coefficient (Wildman–Crippen LogP) is 2.35. The van der Waals surface area contributed by atoms with Crippen LogP contribution in [0.4, 0.5) is 0 Å². The summed E-state index contributed by atoms with van der Waals surface area (Å²) in [6, 6.07) is 7.99. The van der Waals surface area contributed by atoms with Crippen LogP contribution in [0.15, 0.2) is 24.3 Å². The van der Waals surface area contributed by atoms with Gasteiger partial charge in [-0.25, -0.2) is 4.79 Å². The average Bonchev–Trinajstić information content (AvgIpc) is 3.21. The third kappa shape index (κ3) is 3.47. The molecule has 4 heteroatoms. The van der Waals surface area contributed by atoms with Crippen LogP contribution in [-0.2, 0) is 20.7 Å². The number of carbonyl (C=O) groups excluding carboxylic acids is 1. The molecule has 1 unspecified atom stereocenters. The van der Waals surface area contributed by atoms with Crippen molar-refractivity contribution < 1.29 is 19.0 Å². The van der Waals surface area contributed by atoms with Crippen molar-refractivity contribution in [2.24, 2.45) is 0 Å². The zero-order chi connectivity index (χ0) is 13.7. The zero-order valence-electron chi connectivity index (χ0n) is 11.5. The highest BCUT2D eigenvalue weighted by molar-refractivity contribution is 5.82. The van der Waals surface area contributed by atoms with Gasteiger partial charge in [0.1, 0.15) is 5.75 Å². The Kier molecular flexibility index (Phi) is 4.43. The minimum Gasteiger partial charge on any atom is -0.497 e. The van der Waals surface area contributed by atoms with Gasteiger partial charge < -0.3 is 14.2 Å². The van der Waals surface area contributed by atoms with Crippen LogP contribution in [0.3, 0.4) is 0 Å². The van der Waals surface area contributed by atoms with Gasteiger partial charge in [-0.2, -0.15) is 0 Å². The molecule has 0 amide bonds. The summed E-state index contributed by atoms with van der Waals surface area (Å²) in [7, 11) is 1.66. The number of aryl methyl sites for hydroxylation is 1. The van der Waals surface area contributed by atoms with E-state index in [1.807, 2.05) is 31.2 Å². The average molecular weight is 264 g/mol. The first kappa shape index (κ1) is 13.9. The molecule has 1 aromatic carbocycles. The number of rotatable bonds is 7. The molecule has 1 aromatic rings. The lowest BCUT2D eigenvalue weighted by atomic mass is 10.0. The van der Waals surface area contributed by atoms with E-state index in [9.17, 15) is 4.79 Å². The summed E-state index contributed by atoms with van der Waals surface area (Å²) < 4.78 is 15.4. The molecular formula is C15H20O4. The summed E-state index contributed by atoms with van der Waals surface area (Å²) in [6.07, 6.45) is 2.55. The van der Waals surface area contributed by atoms with Crippen molar-refractivity contribution in [2.45, 2.75) is 31.8 Å². The van der Waals surface area contributed by atoms with Gasteiger partial charge in [-0.3, -0.25) is 0 Å². The molecule has 0 aliphatic carbocycles. The van der Waals surface area contributed by atoms with Gasteiger partial charge in [-0.1, -0.05) is 12.1 Å². The summed E-state index contributed by atoms with van der Waals surface area (Å²) in [5.74, 6) is 0.641. The normalized spacial score (nSPS) is 20.9. The van der Waals surface area contributed by atoms with Crippen LogP contribution in [-0.4, -0.2) is 31.9 Å². The molecule has 0 saturated carbocycles. The monoisotopic (exact) mass is 264 g/mol. The highest BCUT2D eigenvalue weighted by atomic mass is 16.6. The molecule has 0 bridgehead atoms. The lowest BCUT2D eigenvalue weighted by Gasteiger charge is -2.10. The Morgan fingerprint density at radius 1 is 1.37 bits per heavy atom. The van der Waals surface area contributed by atoms with Crippen LogP contribution in [0.25, 0.3) is 0 Å². The first-order chi connectivity index (χ1) is 9.20. The standard InChI is InChI=1S/C15H20O4/c1-3-18-14(16)15(11-19-15)10-4-5-12-6-8-13(17-2)9-7-12/h6-9H,3-5,10-11H2,1-2H3. The lowest BCUT2D eigenvalue weighted by molar-refractivity contribution is -0.149. The molecule has 1 atom stereocenters. The Balaban J connectivity index is 1.78. The minimum absolute atomic E-state index is 0.218. The van der Waals surface area contributed by atoms with Crippen LogP contribution in [0.1, 0.15) is 25.3 Å². The maximum Gasteiger partial charge on any atom is 0.340 e. The molecule has 1 saturated heterocycles. The largest absolute Gasteiger partial charge is 0.497 e. The van der Waals surface area contributed by atoms with Crippen LogP contribution in [0, 0.1) is 0 Å². The summed E-state index contributed by atoms with van der Waals surface area (Å²) in [5.41, 5.74) is 0.586. The molecule has 0 radical (unpaired) electrons. The van der Waals surface area contributed by atoms with E-state index in [1.54, 1.807) is 7.11 Å². The molecule has 1 aliphatic rings. The van der Waals surface area contributed by atoms with Gasteiger partial charge in [-0.15, -0.1) is 0 Å². The number of ether oxygens (including phenoxy) is 3. The van der Waals surface area contributed by atoms with Crippen molar-refractivity contribution >= 4 is 5.97 Å². The van der Waals surface area contributed by atoms with Crippen LogP contribution >= 0.6 is 0 Å². The molecule has 0 spiro atoms. The number of benzene rings is 1. The smallest absolute Gasteiger partial charge is 0.340 e. The summed E-state index contributed by atoms with van der Waals surface area (Å²) >= 11 is 0. The van der Waals surface area contributed by atoms with Crippen LogP contribution in [0.5, 0.6) is 5.75 Å². The number of esters is 1. The fraction of sp³-hybridized carbons (Fsp3) is 0.533. The highest BCUT2D eigenvalue weighted by Gasteiger charge is 2.52. The Bertz CT molecular complexity index is 420. The van der Waals surface area contributed by atoms with Gasteiger partial charge in [0.2, 0.25) is 0 Å². The number of methoxy groups -OCH3 is 1. The molecule has 2 rings (SSSR count). The first-order valence-electron chi connectivity index (χ1n) is 6.64. The van der Waals surface area contributed by atoms with Crippen LogP contribution in [0.2, 0.25) is 0 Å². The number of hydrogen-bond acceptors (Lipinski definition) is 4. The van der Waals surface area contributed by atoms with E-state index < -0.39 is 5.60 Å². The number of carbonyl (C=O) groups is 1. The molecular weight excluding hydrogens is 244 g/mol. The van der Waals surface area contributed by atoms with Crippen molar-refractivity contribution in [1.29, 1.82) is 0 Å². The number of epoxide rings is 1. The van der Waals surface area contributed by atoms with E-state index in [4.69, 9.17) is 14.2 Å². The molecule has 0 aromatic heterocycles. The molecule has 1 aliphatic heterocycles. The molecule has 1 heterocycles. The van der Waals surface area contributed by atoms with E-state index in [0.717, 1.165) is 25.0 Å². The minimum atomic E-state index is -0.650. The van der Waals surface area contributed by atoms with Gasteiger partial charge in [0.25, 0.3) is 0 Å². The molecule has 4 nitrogen and oxygen atoms in total. The molecule has 19 heavy (non-hydrogen) atoms. The fourth-order valence-corrected chi connectivity index (χ4v) is 2.08. The van der Waals surface area contributed by atoms with Gasteiger partial charge in [0, 0.05) is 0 Å². The Hall–Kier alpha value is -1.55. The van der Waals surface area contributed by atoms with E-state index in [-0.39, 0.29) is 5.97 Å². The van der Waals surface area contributed by atoms with Gasteiger partial charge in [0.05, 0.1) is 20.3 Å². The summed E-state index contributed by atoms with van der Waals surface area (Å²) in [5, 5.41) is 0. The fourth-order valence-electron chi connectivity index (χ4n) is 2.08. The van der Waals surface area contributed by atoms with Crippen molar-refractivity contribution in [1.82, 2.24) is 0 Å². The van der Waals surface area contributed by atoms with Crippen molar-refractivity contribution in [3.8, 4) is 5.75 Å². The second-order valence-corrected chi connectivity index (χ2v) is 4.71. The van der Waals surface area contributed by atoms with Crippen molar-refractivity contribution in [3.63, 3.8) is 0 Å². The summed E-state index contributed by atoms with van der Waals surface area (Å²) in [4.78, 5) is 11.7. The maximum atomic E-state index is 11.7. The molecule has 1 fully saturated rings. The second-order valence-electron chi connectivity index (χ2n) is 4.71. The van der Waals surface area contributed by atoms with Crippen molar-refractivity contribution in [2.75, 3.05) is 20.3 Å². The second kappa shape index (κ2) is 6.06. The SMILES string of the molecule is CCOC(=O)C1(CCCc2ccc(OC)cc2)CO1. The van der Waals surface area contributed by atoms with Gasteiger partial charge in [-0.05, 0) is 43.9 Å². The Labute approximate surface area is 113 Å². The third-order valence-electron chi connectivity index (χ3n) is 3.35. The zero-order valence-corrected chi connectivity index (χ0v) is 11.5. The maximum absolute atomic E-state index is 11.7. The third-order valence-corrected chi connectivity index (χ3v) is 3.35. The van der Waals surface area contributed by atoms with Gasteiger partial charge in [0.15, 0.2) is 5.60 Å². The quantitative estimate of drug-likeness (QED) is 0.560.